The third-order valence-electron chi connectivity index (χ3n) is 4.80. The van der Waals surface area contributed by atoms with Gasteiger partial charge in [-0.1, -0.05) is 12.1 Å². The molecule has 1 amide bonds. The highest BCUT2D eigenvalue weighted by Gasteiger charge is 2.35. The van der Waals surface area contributed by atoms with Crippen LogP contribution in [-0.4, -0.2) is 36.0 Å². The van der Waals surface area contributed by atoms with Crippen molar-refractivity contribution in [2.24, 2.45) is 0 Å². The zero-order valence-corrected chi connectivity index (χ0v) is 14.7. The molecule has 0 radical (unpaired) electrons. The third kappa shape index (κ3) is 3.11. The molecule has 0 bridgehead atoms. The van der Waals surface area contributed by atoms with E-state index in [1.807, 2.05) is 12.1 Å². The normalized spacial score (nSPS) is 26.1. The van der Waals surface area contributed by atoms with Gasteiger partial charge >= 0.3 is 0 Å². The van der Waals surface area contributed by atoms with Gasteiger partial charge in [-0.05, 0) is 79.8 Å². The van der Waals surface area contributed by atoms with Gasteiger partial charge in [0.1, 0.15) is 0 Å². The van der Waals surface area contributed by atoms with Crippen molar-refractivity contribution in [2.75, 3.05) is 13.1 Å². The molecule has 1 N–H and O–H groups in total. The fourth-order valence-corrected chi connectivity index (χ4v) is 4.23. The van der Waals surface area contributed by atoms with E-state index in [1.54, 1.807) is 0 Å². The standard InChI is InChI=1S/C17H23IN2O/c1-12-6-4-7-13(16(12)18)17(21)20-11-3-2-9-15(20)14-8-5-10-19-14/h4,6-7,14-15,19H,2-3,5,8-11H2,1H3. The summed E-state index contributed by atoms with van der Waals surface area (Å²) >= 11 is 2.31. The zero-order valence-electron chi connectivity index (χ0n) is 12.6. The molecule has 2 fully saturated rings. The van der Waals surface area contributed by atoms with E-state index in [1.165, 1.54) is 24.8 Å². The van der Waals surface area contributed by atoms with Gasteiger partial charge in [0.15, 0.2) is 0 Å². The Morgan fingerprint density at radius 3 is 2.90 bits per heavy atom. The fourth-order valence-electron chi connectivity index (χ4n) is 3.64. The number of rotatable bonds is 2. The van der Waals surface area contributed by atoms with Gasteiger partial charge in [0, 0.05) is 22.2 Å². The highest BCUT2D eigenvalue weighted by atomic mass is 127. The Kier molecular flexibility index (Phi) is 4.84. The predicted octanol–water partition coefficient (Wildman–Crippen LogP) is 3.35. The molecule has 2 saturated heterocycles. The molecule has 1 aromatic rings. The molecule has 0 aliphatic carbocycles. The van der Waals surface area contributed by atoms with E-state index >= 15 is 0 Å². The van der Waals surface area contributed by atoms with Crippen molar-refractivity contribution in [1.29, 1.82) is 0 Å². The zero-order chi connectivity index (χ0) is 14.8. The summed E-state index contributed by atoms with van der Waals surface area (Å²) in [5, 5.41) is 3.59. The Morgan fingerprint density at radius 1 is 1.29 bits per heavy atom. The summed E-state index contributed by atoms with van der Waals surface area (Å²) in [5.74, 6) is 0.224. The third-order valence-corrected chi connectivity index (χ3v) is 6.23. The summed E-state index contributed by atoms with van der Waals surface area (Å²) in [7, 11) is 0. The Morgan fingerprint density at radius 2 is 2.14 bits per heavy atom. The van der Waals surface area contributed by atoms with Crippen LogP contribution in [0.25, 0.3) is 0 Å². The number of nitrogens with zero attached hydrogens (tertiary/aromatic N) is 1. The van der Waals surface area contributed by atoms with Gasteiger partial charge < -0.3 is 10.2 Å². The molecule has 0 spiro atoms. The molecule has 2 unspecified atom stereocenters. The minimum atomic E-state index is 0.224. The lowest BCUT2D eigenvalue weighted by Crippen LogP contribution is -2.52. The van der Waals surface area contributed by atoms with Gasteiger partial charge in [-0.2, -0.15) is 0 Å². The van der Waals surface area contributed by atoms with E-state index in [9.17, 15) is 4.79 Å². The molecule has 21 heavy (non-hydrogen) atoms. The maximum atomic E-state index is 13.0. The first kappa shape index (κ1) is 15.3. The average Bonchev–Trinajstić information content (AvgIpc) is 3.03. The number of amides is 1. The molecule has 2 aliphatic heterocycles. The molecule has 4 heteroatoms. The van der Waals surface area contributed by atoms with Gasteiger partial charge in [0.25, 0.3) is 5.91 Å². The van der Waals surface area contributed by atoms with Gasteiger partial charge in [-0.25, -0.2) is 0 Å². The molecular weight excluding hydrogens is 375 g/mol. The maximum Gasteiger partial charge on any atom is 0.255 e. The topological polar surface area (TPSA) is 32.3 Å². The first-order valence-electron chi connectivity index (χ1n) is 7.98. The second-order valence-electron chi connectivity index (χ2n) is 6.20. The molecule has 3 nitrogen and oxygen atoms in total. The summed E-state index contributed by atoms with van der Waals surface area (Å²) in [6, 6.07) is 6.93. The van der Waals surface area contributed by atoms with Crippen LogP contribution in [0.3, 0.4) is 0 Å². The van der Waals surface area contributed by atoms with E-state index in [0.29, 0.717) is 12.1 Å². The van der Waals surface area contributed by atoms with Crippen molar-refractivity contribution in [3.8, 4) is 0 Å². The van der Waals surface area contributed by atoms with Crippen LogP contribution in [-0.2, 0) is 0 Å². The van der Waals surface area contributed by atoms with Gasteiger partial charge in [0.05, 0.1) is 5.56 Å². The quantitative estimate of drug-likeness (QED) is 0.776. The van der Waals surface area contributed by atoms with Gasteiger partial charge in [0.2, 0.25) is 0 Å². The van der Waals surface area contributed by atoms with Crippen molar-refractivity contribution in [1.82, 2.24) is 10.2 Å². The summed E-state index contributed by atoms with van der Waals surface area (Å²) < 4.78 is 1.10. The van der Waals surface area contributed by atoms with Crippen LogP contribution in [0.4, 0.5) is 0 Å². The maximum absolute atomic E-state index is 13.0. The number of carbonyl (C=O) groups excluding carboxylic acids is 1. The number of aryl methyl sites for hydroxylation is 1. The van der Waals surface area contributed by atoms with Crippen LogP contribution >= 0.6 is 22.6 Å². The number of benzene rings is 1. The Balaban J connectivity index is 1.85. The molecule has 0 aromatic heterocycles. The van der Waals surface area contributed by atoms with Crippen molar-refractivity contribution >= 4 is 28.5 Å². The predicted molar refractivity (Wildman–Crippen MR) is 93.6 cm³/mol. The SMILES string of the molecule is Cc1cccc(C(=O)N2CCCCC2C2CCCN2)c1I. The molecule has 2 atom stereocenters. The largest absolute Gasteiger partial charge is 0.334 e. The Bertz CT molecular complexity index is 526. The lowest BCUT2D eigenvalue weighted by atomic mass is 9.93. The number of hydrogen-bond acceptors (Lipinski definition) is 2. The number of piperidine rings is 1. The summed E-state index contributed by atoms with van der Waals surface area (Å²) in [5.41, 5.74) is 2.06. The highest BCUT2D eigenvalue weighted by molar-refractivity contribution is 14.1. The van der Waals surface area contributed by atoms with Crippen LogP contribution in [0.2, 0.25) is 0 Å². The summed E-state index contributed by atoms with van der Waals surface area (Å²) in [6.45, 7) is 4.08. The van der Waals surface area contributed by atoms with Crippen LogP contribution in [0.1, 0.15) is 48.0 Å². The van der Waals surface area contributed by atoms with E-state index < -0.39 is 0 Å². The number of carbonyl (C=O) groups is 1. The van der Waals surface area contributed by atoms with Crippen molar-refractivity contribution in [3.63, 3.8) is 0 Å². The van der Waals surface area contributed by atoms with Crippen LogP contribution < -0.4 is 5.32 Å². The van der Waals surface area contributed by atoms with Gasteiger partial charge in [-0.3, -0.25) is 4.79 Å². The van der Waals surface area contributed by atoms with E-state index in [4.69, 9.17) is 0 Å². The van der Waals surface area contributed by atoms with Crippen molar-refractivity contribution in [3.05, 3.63) is 32.9 Å². The van der Waals surface area contributed by atoms with Crippen LogP contribution in [0, 0.1) is 10.5 Å². The monoisotopic (exact) mass is 398 g/mol. The number of likely N-dealkylation sites (tertiary alicyclic amines) is 1. The molecule has 1 aromatic carbocycles. The molecule has 3 rings (SSSR count). The Hall–Kier alpha value is -0.620. The van der Waals surface area contributed by atoms with Crippen LogP contribution in [0.5, 0.6) is 0 Å². The molecular formula is C17H23IN2O. The summed E-state index contributed by atoms with van der Waals surface area (Å²) in [6.07, 6.45) is 5.98. The minimum Gasteiger partial charge on any atom is -0.334 e. The van der Waals surface area contributed by atoms with E-state index in [0.717, 1.165) is 35.1 Å². The first-order chi connectivity index (χ1) is 10.2. The summed E-state index contributed by atoms with van der Waals surface area (Å²) in [4.78, 5) is 15.2. The Labute approximate surface area is 140 Å². The molecule has 2 aliphatic rings. The van der Waals surface area contributed by atoms with E-state index in [-0.39, 0.29) is 5.91 Å². The molecule has 0 saturated carbocycles. The highest BCUT2D eigenvalue weighted by Crippen LogP contribution is 2.27. The van der Waals surface area contributed by atoms with Crippen LogP contribution in [0.15, 0.2) is 18.2 Å². The number of hydrogen-bond donors (Lipinski definition) is 1. The lowest BCUT2D eigenvalue weighted by Gasteiger charge is -2.39. The van der Waals surface area contributed by atoms with Gasteiger partial charge in [-0.15, -0.1) is 0 Å². The second kappa shape index (κ2) is 6.65. The minimum absolute atomic E-state index is 0.224. The molecule has 114 valence electrons. The van der Waals surface area contributed by atoms with Crippen molar-refractivity contribution in [2.45, 2.75) is 51.1 Å². The number of nitrogens with one attached hydrogen (secondary N) is 1. The van der Waals surface area contributed by atoms with Crippen molar-refractivity contribution < 1.29 is 4.79 Å². The van der Waals surface area contributed by atoms with E-state index in [2.05, 4.69) is 45.8 Å². The molecule has 2 heterocycles. The lowest BCUT2D eigenvalue weighted by molar-refractivity contribution is 0.0562. The second-order valence-corrected chi connectivity index (χ2v) is 7.28. The number of halogens is 1. The average molecular weight is 398 g/mol. The first-order valence-corrected chi connectivity index (χ1v) is 9.06. The smallest absolute Gasteiger partial charge is 0.255 e. The fraction of sp³-hybridized carbons (Fsp3) is 0.588.